The Morgan fingerprint density at radius 1 is 0.821 bits per heavy atom. The lowest BCUT2D eigenvalue weighted by Gasteiger charge is -2.18. The van der Waals surface area contributed by atoms with Crippen LogP contribution < -0.4 is 0 Å². The second kappa shape index (κ2) is 8.85. The van der Waals surface area contributed by atoms with Crippen molar-refractivity contribution in [2.24, 2.45) is 0 Å². The number of rotatable bonds is 7. The zero-order valence-corrected chi connectivity index (χ0v) is 16.4. The van der Waals surface area contributed by atoms with Crippen molar-refractivity contribution in [1.82, 2.24) is 0 Å². The van der Waals surface area contributed by atoms with Crippen molar-refractivity contribution in [3.63, 3.8) is 0 Å². The van der Waals surface area contributed by atoms with E-state index >= 15 is 0 Å². The maximum absolute atomic E-state index is 12.7. The predicted octanol–water partition coefficient (Wildman–Crippen LogP) is 5.22. The molecule has 0 aliphatic heterocycles. The lowest BCUT2D eigenvalue weighted by atomic mass is 10.1. The first-order chi connectivity index (χ1) is 13.5. The van der Waals surface area contributed by atoms with Crippen LogP contribution in [0.4, 0.5) is 0 Å². The average Bonchev–Trinajstić information content (AvgIpc) is 2.75. The van der Waals surface area contributed by atoms with Crippen LogP contribution in [0.3, 0.4) is 0 Å². The number of esters is 1. The summed E-state index contributed by atoms with van der Waals surface area (Å²) in [5.41, 5.74) is 1.27. The molecule has 3 aromatic rings. The minimum absolute atomic E-state index is 0.215. The van der Waals surface area contributed by atoms with Gasteiger partial charge in [0.25, 0.3) is 0 Å². The number of hydrogen-bond donors (Lipinski definition) is 0. The summed E-state index contributed by atoms with van der Waals surface area (Å²) in [6.07, 6.45) is 1.06. The van der Waals surface area contributed by atoms with Crippen LogP contribution in [0.1, 0.15) is 41.8 Å². The van der Waals surface area contributed by atoms with Gasteiger partial charge in [0.05, 0.1) is 15.4 Å². The van der Waals surface area contributed by atoms with Crippen molar-refractivity contribution < 1.29 is 17.9 Å². The topological polar surface area (TPSA) is 60.4 Å². The van der Waals surface area contributed by atoms with Gasteiger partial charge in [0.1, 0.15) is 6.10 Å². The van der Waals surface area contributed by atoms with E-state index < -0.39 is 15.9 Å². The van der Waals surface area contributed by atoms with Crippen molar-refractivity contribution in [1.29, 1.82) is 0 Å². The summed E-state index contributed by atoms with van der Waals surface area (Å²) in [6, 6.07) is 23.7. The summed E-state index contributed by atoms with van der Waals surface area (Å²) in [5.74, 6) is -0.389. The fourth-order valence-corrected chi connectivity index (χ4v) is 4.21. The molecule has 0 heterocycles. The third-order valence-corrected chi connectivity index (χ3v) is 6.21. The molecule has 0 bridgehead atoms. The molecule has 3 rings (SSSR count). The van der Waals surface area contributed by atoms with E-state index in [-0.39, 0.29) is 15.8 Å². The standard InChI is InChI=1S/C23H22O4S/c1-2-9-22(27-23(24)19-10-5-3-6-11-19)18-14-16-21(17-15-18)28(25,26)20-12-7-4-8-13-20/h3-8,10-17,22H,2,9H2,1H3. The molecule has 144 valence electrons. The molecular weight excluding hydrogens is 372 g/mol. The highest BCUT2D eigenvalue weighted by Gasteiger charge is 2.20. The molecule has 5 heteroatoms. The first kappa shape index (κ1) is 19.8. The van der Waals surface area contributed by atoms with Crippen LogP contribution >= 0.6 is 0 Å². The van der Waals surface area contributed by atoms with Gasteiger partial charge < -0.3 is 4.74 Å². The number of carbonyl (C=O) groups excluding carboxylic acids is 1. The van der Waals surface area contributed by atoms with Gasteiger partial charge in [0.15, 0.2) is 0 Å². The van der Waals surface area contributed by atoms with Crippen LogP contribution in [0.25, 0.3) is 0 Å². The van der Waals surface area contributed by atoms with Gasteiger partial charge in [0, 0.05) is 0 Å². The van der Waals surface area contributed by atoms with E-state index in [1.54, 1.807) is 78.9 Å². The van der Waals surface area contributed by atoms with Crippen molar-refractivity contribution in [3.8, 4) is 0 Å². The van der Waals surface area contributed by atoms with E-state index in [1.807, 2.05) is 13.0 Å². The maximum atomic E-state index is 12.7. The van der Waals surface area contributed by atoms with E-state index in [0.29, 0.717) is 12.0 Å². The molecule has 4 nitrogen and oxygen atoms in total. The maximum Gasteiger partial charge on any atom is 0.338 e. The molecule has 0 aromatic heterocycles. The highest BCUT2D eigenvalue weighted by atomic mass is 32.2. The molecule has 0 radical (unpaired) electrons. The monoisotopic (exact) mass is 394 g/mol. The SMILES string of the molecule is CCCC(OC(=O)c1ccccc1)c1ccc(S(=O)(=O)c2ccccc2)cc1. The zero-order valence-electron chi connectivity index (χ0n) is 15.6. The first-order valence-electron chi connectivity index (χ1n) is 9.18. The Bertz CT molecular complexity index is 1010. The normalized spacial score (nSPS) is 12.3. The number of ether oxygens (including phenoxy) is 1. The van der Waals surface area contributed by atoms with E-state index in [0.717, 1.165) is 12.0 Å². The van der Waals surface area contributed by atoms with Crippen molar-refractivity contribution >= 4 is 15.8 Å². The van der Waals surface area contributed by atoms with Crippen LogP contribution in [-0.2, 0) is 14.6 Å². The Morgan fingerprint density at radius 3 is 1.93 bits per heavy atom. The van der Waals surface area contributed by atoms with Gasteiger partial charge in [0.2, 0.25) is 9.84 Å². The fourth-order valence-electron chi connectivity index (χ4n) is 2.92. The van der Waals surface area contributed by atoms with Crippen molar-refractivity contribution in [2.45, 2.75) is 35.7 Å². The Balaban J connectivity index is 1.82. The largest absolute Gasteiger partial charge is 0.454 e. The molecular formula is C23H22O4S. The first-order valence-corrected chi connectivity index (χ1v) is 10.7. The molecule has 0 fully saturated rings. The Morgan fingerprint density at radius 2 is 1.36 bits per heavy atom. The smallest absolute Gasteiger partial charge is 0.338 e. The summed E-state index contributed by atoms with van der Waals surface area (Å²) in [7, 11) is -3.57. The number of hydrogen-bond acceptors (Lipinski definition) is 4. The van der Waals surface area contributed by atoms with Crippen molar-refractivity contribution in [3.05, 3.63) is 96.1 Å². The number of benzene rings is 3. The average molecular weight is 394 g/mol. The molecule has 1 unspecified atom stereocenters. The van der Waals surface area contributed by atoms with E-state index in [2.05, 4.69) is 0 Å². The minimum atomic E-state index is -3.57. The Labute approximate surface area is 165 Å². The lowest BCUT2D eigenvalue weighted by molar-refractivity contribution is 0.0275. The minimum Gasteiger partial charge on any atom is -0.454 e. The van der Waals surface area contributed by atoms with Crippen molar-refractivity contribution in [2.75, 3.05) is 0 Å². The molecule has 28 heavy (non-hydrogen) atoms. The molecule has 0 spiro atoms. The number of sulfone groups is 1. The van der Waals surface area contributed by atoms with Gasteiger partial charge in [-0.2, -0.15) is 0 Å². The second-order valence-corrected chi connectivity index (χ2v) is 8.38. The summed E-state index contributed by atoms with van der Waals surface area (Å²) >= 11 is 0. The zero-order chi connectivity index (χ0) is 20.0. The third-order valence-electron chi connectivity index (χ3n) is 4.43. The molecule has 0 aliphatic rings. The summed E-state index contributed by atoms with van der Waals surface area (Å²) < 4.78 is 31.1. The molecule has 3 aromatic carbocycles. The van der Waals surface area contributed by atoms with Gasteiger partial charge in [-0.3, -0.25) is 0 Å². The molecule has 1 atom stereocenters. The quantitative estimate of drug-likeness (QED) is 0.516. The number of carbonyl (C=O) groups is 1. The fraction of sp³-hybridized carbons (Fsp3) is 0.174. The van der Waals surface area contributed by atoms with Crippen LogP contribution in [0.5, 0.6) is 0 Å². The summed E-state index contributed by atoms with van der Waals surface area (Å²) in [6.45, 7) is 2.01. The summed E-state index contributed by atoms with van der Waals surface area (Å²) in [4.78, 5) is 12.9. The molecule has 0 N–H and O–H groups in total. The van der Waals surface area contributed by atoms with Gasteiger partial charge >= 0.3 is 5.97 Å². The van der Waals surface area contributed by atoms with Crippen LogP contribution in [0.2, 0.25) is 0 Å². The highest BCUT2D eigenvalue weighted by Crippen LogP contribution is 2.27. The molecule has 0 amide bonds. The molecule has 0 aliphatic carbocycles. The molecule has 0 saturated carbocycles. The van der Waals surface area contributed by atoms with Crippen LogP contribution in [-0.4, -0.2) is 14.4 Å². The van der Waals surface area contributed by atoms with Gasteiger partial charge in [-0.15, -0.1) is 0 Å². The van der Waals surface area contributed by atoms with E-state index in [4.69, 9.17) is 4.74 Å². The summed E-state index contributed by atoms with van der Waals surface area (Å²) in [5, 5.41) is 0. The second-order valence-electron chi connectivity index (χ2n) is 6.43. The van der Waals surface area contributed by atoms with E-state index in [9.17, 15) is 13.2 Å². The Kier molecular flexibility index (Phi) is 6.26. The Hall–Kier alpha value is -2.92. The highest BCUT2D eigenvalue weighted by molar-refractivity contribution is 7.91. The lowest BCUT2D eigenvalue weighted by Crippen LogP contribution is -2.12. The predicted molar refractivity (Wildman–Crippen MR) is 108 cm³/mol. The van der Waals surface area contributed by atoms with E-state index in [1.165, 1.54) is 0 Å². The van der Waals surface area contributed by atoms with Gasteiger partial charge in [-0.1, -0.05) is 61.9 Å². The van der Waals surface area contributed by atoms with Crippen LogP contribution in [0.15, 0.2) is 94.7 Å². The van der Waals surface area contributed by atoms with Crippen LogP contribution in [0, 0.1) is 0 Å². The van der Waals surface area contributed by atoms with Gasteiger partial charge in [-0.05, 0) is 48.4 Å². The van der Waals surface area contributed by atoms with Gasteiger partial charge in [-0.25, -0.2) is 13.2 Å². The third kappa shape index (κ3) is 4.49. The molecule has 0 saturated heterocycles.